The van der Waals surface area contributed by atoms with Gasteiger partial charge in [-0.3, -0.25) is 9.59 Å². The van der Waals surface area contributed by atoms with Crippen molar-refractivity contribution in [3.63, 3.8) is 0 Å². The van der Waals surface area contributed by atoms with Crippen molar-refractivity contribution in [2.45, 2.75) is 0 Å². The molecule has 0 radical (unpaired) electrons. The molecule has 0 saturated heterocycles. The summed E-state index contributed by atoms with van der Waals surface area (Å²) in [4.78, 5) is 27.5. The van der Waals surface area contributed by atoms with Gasteiger partial charge in [0.15, 0.2) is 12.6 Å². The molecular formula is C36H22O2S2. The van der Waals surface area contributed by atoms with Crippen LogP contribution in [0.25, 0.3) is 44.5 Å². The van der Waals surface area contributed by atoms with Gasteiger partial charge in [-0.15, -0.1) is 22.7 Å². The van der Waals surface area contributed by atoms with E-state index in [0.717, 1.165) is 66.8 Å². The summed E-state index contributed by atoms with van der Waals surface area (Å²) in [7, 11) is 0. The Balaban J connectivity index is 1.60. The zero-order chi connectivity index (χ0) is 27.3. The molecule has 4 heteroatoms. The molecule has 0 unspecified atom stereocenters. The van der Waals surface area contributed by atoms with Gasteiger partial charge in [-0.25, -0.2) is 0 Å². The second kappa shape index (κ2) is 11.5. The maximum atomic E-state index is 12.3. The zero-order valence-corrected chi connectivity index (χ0v) is 23.0. The van der Waals surface area contributed by atoms with Crippen molar-refractivity contribution in [3.8, 4) is 56.3 Å². The van der Waals surface area contributed by atoms with Gasteiger partial charge in [-0.2, -0.15) is 0 Å². The number of rotatable bonds is 6. The third-order valence-corrected chi connectivity index (χ3v) is 8.69. The van der Waals surface area contributed by atoms with Crippen molar-refractivity contribution in [1.29, 1.82) is 0 Å². The molecular weight excluding hydrogens is 529 g/mol. The summed E-state index contributed by atoms with van der Waals surface area (Å²) in [5, 5.41) is 0. The summed E-state index contributed by atoms with van der Waals surface area (Å²) in [6.07, 6.45) is 1.84. The highest BCUT2D eigenvalue weighted by molar-refractivity contribution is 7.16. The van der Waals surface area contributed by atoms with E-state index in [-0.39, 0.29) is 0 Å². The Morgan fingerprint density at radius 1 is 0.400 bits per heavy atom. The van der Waals surface area contributed by atoms with E-state index < -0.39 is 0 Å². The smallest absolute Gasteiger partial charge is 0.160 e. The standard InChI is InChI=1S/C36H22O2S2/c37-23-31-35(27-17-9-3-10-18-27)33(25-13-5-1-6-14-25)29(39-31)21-22-30-34(26-15-7-2-8-16-26)36(32(24-38)40-30)28-19-11-4-12-20-28/h1-20,23-24H. The van der Waals surface area contributed by atoms with E-state index in [1.54, 1.807) is 0 Å². The number of hydrogen-bond acceptors (Lipinski definition) is 4. The van der Waals surface area contributed by atoms with Crippen LogP contribution in [0.5, 0.6) is 0 Å². The van der Waals surface area contributed by atoms with Gasteiger partial charge in [0.25, 0.3) is 0 Å². The highest BCUT2D eigenvalue weighted by Gasteiger charge is 2.22. The quantitative estimate of drug-likeness (QED) is 0.153. The number of aldehydes is 2. The molecule has 0 amide bonds. The summed E-state index contributed by atoms with van der Waals surface area (Å²) in [6, 6.07) is 40.1. The van der Waals surface area contributed by atoms with Crippen LogP contribution in [-0.2, 0) is 0 Å². The molecule has 6 rings (SSSR count). The van der Waals surface area contributed by atoms with Crippen LogP contribution in [0, 0.1) is 11.8 Å². The van der Waals surface area contributed by atoms with Gasteiger partial charge in [-0.1, -0.05) is 121 Å². The topological polar surface area (TPSA) is 34.1 Å². The highest BCUT2D eigenvalue weighted by Crippen LogP contribution is 2.44. The summed E-state index contributed by atoms with van der Waals surface area (Å²) in [5.74, 6) is 6.85. The average molecular weight is 551 g/mol. The Labute approximate surface area is 241 Å². The third kappa shape index (κ3) is 4.85. The van der Waals surface area contributed by atoms with Crippen molar-refractivity contribution in [2.24, 2.45) is 0 Å². The van der Waals surface area contributed by atoms with Crippen molar-refractivity contribution in [2.75, 3.05) is 0 Å². The first kappa shape index (κ1) is 25.5. The lowest BCUT2D eigenvalue weighted by atomic mass is 9.94. The molecule has 0 spiro atoms. The minimum Gasteiger partial charge on any atom is -0.297 e. The van der Waals surface area contributed by atoms with Crippen LogP contribution in [0.4, 0.5) is 0 Å². The molecule has 40 heavy (non-hydrogen) atoms. The Morgan fingerprint density at radius 3 is 0.950 bits per heavy atom. The van der Waals surface area contributed by atoms with Crippen LogP contribution in [0.15, 0.2) is 121 Å². The van der Waals surface area contributed by atoms with Crippen LogP contribution < -0.4 is 0 Å². The fraction of sp³-hybridized carbons (Fsp3) is 0. The fourth-order valence-corrected chi connectivity index (χ4v) is 6.92. The molecule has 0 aliphatic heterocycles. The molecule has 0 saturated carbocycles. The predicted octanol–water partition coefficient (Wildman–Crippen LogP) is 9.50. The van der Waals surface area contributed by atoms with Crippen molar-refractivity contribution in [3.05, 3.63) is 141 Å². The summed E-state index contributed by atoms with van der Waals surface area (Å²) in [5.41, 5.74) is 7.64. The van der Waals surface area contributed by atoms with E-state index in [0.29, 0.717) is 9.75 Å². The third-order valence-electron chi connectivity index (χ3n) is 6.62. The lowest BCUT2D eigenvalue weighted by Crippen LogP contribution is -1.87. The molecule has 0 atom stereocenters. The van der Waals surface area contributed by atoms with Crippen LogP contribution in [-0.4, -0.2) is 12.6 Å². The van der Waals surface area contributed by atoms with Gasteiger partial charge in [0.1, 0.15) is 0 Å². The molecule has 0 aliphatic rings. The van der Waals surface area contributed by atoms with Gasteiger partial charge in [0.05, 0.1) is 19.5 Å². The van der Waals surface area contributed by atoms with E-state index in [4.69, 9.17) is 0 Å². The molecule has 0 N–H and O–H groups in total. The van der Waals surface area contributed by atoms with Gasteiger partial charge < -0.3 is 0 Å². The number of thiophene rings is 2. The van der Waals surface area contributed by atoms with Crippen molar-refractivity contribution in [1.82, 2.24) is 0 Å². The fourth-order valence-electron chi connectivity index (χ4n) is 4.90. The minimum absolute atomic E-state index is 0.641. The van der Waals surface area contributed by atoms with E-state index in [9.17, 15) is 9.59 Å². The second-order valence-electron chi connectivity index (χ2n) is 9.04. The monoisotopic (exact) mass is 550 g/mol. The first-order valence-corrected chi connectivity index (χ1v) is 14.4. The SMILES string of the molecule is O=Cc1sc(C#Cc2sc(C=O)c(-c3ccccc3)c2-c2ccccc2)c(-c2ccccc2)c1-c1ccccc1. The maximum Gasteiger partial charge on any atom is 0.160 e. The number of carbonyl (C=O) groups excluding carboxylic acids is 2. The highest BCUT2D eigenvalue weighted by atomic mass is 32.1. The molecule has 6 aromatic rings. The van der Waals surface area contributed by atoms with E-state index in [1.165, 1.54) is 22.7 Å². The Bertz CT molecular complexity index is 1720. The largest absolute Gasteiger partial charge is 0.297 e. The lowest BCUT2D eigenvalue weighted by molar-refractivity contribution is 0.111. The van der Waals surface area contributed by atoms with E-state index in [2.05, 4.69) is 11.8 Å². The molecule has 2 aromatic heterocycles. The van der Waals surface area contributed by atoms with Crippen LogP contribution in [0.3, 0.4) is 0 Å². The Kier molecular flexibility index (Phi) is 7.32. The van der Waals surface area contributed by atoms with Gasteiger partial charge in [0, 0.05) is 22.3 Å². The normalized spacial score (nSPS) is 10.5. The maximum absolute atomic E-state index is 12.3. The predicted molar refractivity (Wildman–Crippen MR) is 167 cm³/mol. The molecule has 0 fully saturated rings. The van der Waals surface area contributed by atoms with Crippen LogP contribution >= 0.6 is 22.7 Å². The zero-order valence-electron chi connectivity index (χ0n) is 21.3. The first-order chi connectivity index (χ1) is 19.8. The molecule has 0 bridgehead atoms. The van der Waals surface area contributed by atoms with Crippen LogP contribution in [0.1, 0.15) is 29.1 Å². The summed E-state index contributed by atoms with van der Waals surface area (Å²) in [6.45, 7) is 0. The minimum atomic E-state index is 0.641. The molecule has 190 valence electrons. The Morgan fingerprint density at radius 2 is 0.675 bits per heavy atom. The summed E-state index contributed by atoms with van der Waals surface area (Å²) >= 11 is 2.81. The number of carbonyl (C=O) groups is 2. The molecule has 0 aliphatic carbocycles. The molecule has 4 aromatic carbocycles. The number of hydrogen-bond donors (Lipinski definition) is 0. The first-order valence-electron chi connectivity index (χ1n) is 12.8. The van der Waals surface area contributed by atoms with E-state index >= 15 is 0 Å². The van der Waals surface area contributed by atoms with Crippen molar-refractivity contribution < 1.29 is 9.59 Å². The Hall–Kier alpha value is -4.82. The second-order valence-corrected chi connectivity index (χ2v) is 11.1. The molecule has 2 heterocycles. The molecule has 2 nitrogen and oxygen atoms in total. The van der Waals surface area contributed by atoms with Gasteiger partial charge in [-0.05, 0) is 34.1 Å². The van der Waals surface area contributed by atoms with E-state index in [1.807, 2.05) is 121 Å². The number of benzene rings is 4. The average Bonchev–Trinajstić information content (AvgIpc) is 3.60. The van der Waals surface area contributed by atoms with Gasteiger partial charge in [0.2, 0.25) is 0 Å². The lowest BCUT2D eigenvalue weighted by Gasteiger charge is -2.07. The van der Waals surface area contributed by atoms with Gasteiger partial charge >= 0.3 is 0 Å². The van der Waals surface area contributed by atoms with Crippen molar-refractivity contribution >= 4 is 35.2 Å². The summed E-state index contributed by atoms with van der Waals surface area (Å²) < 4.78 is 0. The van der Waals surface area contributed by atoms with Crippen LogP contribution in [0.2, 0.25) is 0 Å².